The molecular weight excluding hydrogens is 328 g/mol. The summed E-state index contributed by atoms with van der Waals surface area (Å²) in [6.45, 7) is 2.32. The van der Waals surface area contributed by atoms with Crippen molar-refractivity contribution in [3.05, 3.63) is 47.8 Å². The van der Waals surface area contributed by atoms with Crippen LogP contribution in [0.5, 0.6) is 0 Å². The van der Waals surface area contributed by atoms with E-state index in [1.807, 2.05) is 41.6 Å². The van der Waals surface area contributed by atoms with Gasteiger partial charge in [0, 0.05) is 42.5 Å². The highest BCUT2D eigenvalue weighted by molar-refractivity contribution is 5.76. The molecule has 0 saturated carbocycles. The number of nitrogens with zero attached hydrogens (tertiary/aromatic N) is 3. The van der Waals surface area contributed by atoms with Gasteiger partial charge < -0.3 is 5.32 Å². The summed E-state index contributed by atoms with van der Waals surface area (Å²) in [5.41, 5.74) is 3.13. The molecule has 1 fully saturated rings. The molecule has 4 rings (SSSR count). The molecule has 2 heterocycles. The molecule has 2 aliphatic rings. The maximum absolute atomic E-state index is 12.3. The van der Waals surface area contributed by atoms with Crippen molar-refractivity contribution in [1.82, 2.24) is 20.3 Å². The number of aryl methyl sites for hydroxylation is 1. The maximum Gasteiger partial charge on any atom is 0.221 e. The van der Waals surface area contributed by atoms with Gasteiger partial charge in [0.1, 0.15) is 0 Å². The Hall–Kier alpha value is -2.31. The summed E-state index contributed by atoms with van der Waals surface area (Å²) >= 11 is 0. The van der Waals surface area contributed by atoms with Crippen LogP contribution < -0.4 is 5.32 Å². The Balaban J connectivity index is 1.42. The minimum atomic E-state index is 0.00979. The molecular formula is C20H24N4O2. The second-order valence-corrected chi connectivity index (χ2v) is 6.84. The van der Waals surface area contributed by atoms with E-state index < -0.39 is 0 Å². The number of carbonyl (C=O) groups excluding carboxylic acids is 1. The lowest BCUT2D eigenvalue weighted by atomic mass is 9.92. The Labute approximate surface area is 153 Å². The third-order valence-corrected chi connectivity index (χ3v) is 4.96. The van der Waals surface area contributed by atoms with Gasteiger partial charge in [-0.3, -0.25) is 9.63 Å². The topological polar surface area (TPSA) is 67.3 Å². The second-order valence-electron chi connectivity index (χ2n) is 6.84. The molecule has 1 aliphatic carbocycles. The first-order valence-corrected chi connectivity index (χ1v) is 9.38. The van der Waals surface area contributed by atoms with Gasteiger partial charge in [-0.25, -0.2) is 9.97 Å². The van der Waals surface area contributed by atoms with Crippen LogP contribution in [0.1, 0.15) is 43.0 Å². The fourth-order valence-electron chi connectivity index (χ4n) is 3.59. The SMILES string of the molecule is O=C(CCN1CCCO1)N[C@H]1CCCc2nc(-c3ccccc3)ncc21. The van der Waals surface area contributed by atoms with Gasteiger partial charge in [-0.15, -0.1) is 0 Å². The lowest BCUT2D eigenvalue weighted by Gasteiger charge is -2.26. The van der Waals surface area contributed by atoms with E-state index in [4.69, 9.17) is 9.82 Å². The van der Waals surface area contributed by atoms with Gasteiger partial charge in [-0.2, -0.15) is 5.06 Å². The molecule has 0 radical (unpaired) electrons. The van der Waals surface area contributed by atoms with E-state index in [1.54, 1.807) is 0 Å². The first-order valence-electron chi connectivity index (χ1n) is 9.38. The Morgan fingerprint density at radius 2 is 2.15 bits per heavy atom. The molecule has 6 nitrogen and oxygen atoms in total. The lowest BCUT2D eigenvalue weighted by Crippen LogP contribution is -2.33. The van der Waals surface area contributed by atoms with E-state index in [2.05, 4.69) is 10.3 Å². The van der Waals surface area contributed by atoms with Crippen LogP contribution in [-0.4, -0.2) is 40.6 Å². The number of amides is 1. The maximum atomic E-state index is 12.3. The molecule has 0 spiro atoms. The predicted octanol–water partition coefficient (Wildman–Crippen LogP) is 2.66. The van der Waals surface area contributed by atoms with Crippen LogP contribution in [0.25, 0.3) is 11.4 Å². The molecule has 2 aromatic rings. The van der Waals surface area contributed by atoms with Crippen molar-refractivity contribution >= 4 is 5.91 Å². The lowest BCUT2D eigenvalue weighted by molar-refractivity contribution is -0.131. The Morgan fingerprint density at radius 1 is 1.27 bits per heavy atom. The smallest absolute Gasteiger partial charge is 0.221 e. The molecule has 26 heavy (non-hydrogen) atoms. The number of nitrogens with one attached hydrogen (secondary N) is 1. The van der Waals surface area contributed by atoms with Crippen LogP contribution in [-0.2, 0) is 16.1 Å². The van der Waals surface area contributed by atoms with Gasteiger partial charge in [0.25, 0.3) is 0 Å². The van der Waals surface area contributed by atoms with Gasteiger partial charge in [-0.1, -0.05) is 30.3 Å². The van der Waals surface area contributed by atoms with Crippen LogP contribution in [0.2, 0.25) is 0 Å². The van der Waals surface area contributed by atoms with Crippen molar-refractivity contribution in [3.8, 4) is 11.4 Å². The fourth-order valence-corrected chi connectivity index (χ4v) is 3.59. The van der Waals surface area contributed by atoms with Gasteiger partial charge in [-0.05, 0) is 25.7 Å². The van der Waals surface area contributed by atoms with Gasteiger partial charge >= 0.3 is 0 Å². The Morgan fingerprint density at radius 3 is 2.96 bits per heavy atom. The van der Waals surface area contributed by atoms with Crippen molar-refractivity contribution in [1.29, 1.82) is 0 Å². The predicted molar refractivity (Wildman–Crippen MR) is 98.0 cm³/mol. The molecule has 1 saturated heterocycles. The summed E-state index contributed by atoms with van der Waals surface area (Å²) in [5.74, 6) is 0.813. The summed E-state index contributed by atoms with van der Waals surface area (Å²) in [6, 6.07) is 10.0. The second kappa shape index (κ2) is 7.93. The first kappa shape index (κ1) is 17.1. The fraction of sp³-hybridized carbons (Fsp3) is 0.450. The van der Waals surface area contributed by atoms with Crippen LogP contribution >= 0.6 is 0 Å². The number of hydrogen-bond acceptors (Lipinski definition) is 5. The van der Waals surface area contributed by atoms with Crippen LogP contribution in [0.4, 0.5) is 0 Å². The summed E-state index contributed by atoms with van der Waals surface area (Å²) in [4.78, 5) is 27.1. The third kappa shape index (κ3) is 3.92. The van der Waals surface area contributed by atoms with Crippen molar-refractivity contribution in [2.24, 2.45) is 0 Å². The van der Waals surface area contributed by atoms with E-state index in [-0.39, 0.29) is 11.9 Å². The van der Waals surface area contributed by atoms with E-state index in [0.29, 0.717) is 13.0 Å². The molecule has 1 aromatic carbocycles. The van der Waals surface area contributed by atoms with Crippen LogP contribution in [0.3, 0.4) is 0 Å². The normalized spacial score (nSPS) is 19.9. The number of carbonyl (C=O) groups is 1. The number of benzene rings is 1. The zero-order valence-electron chi connectivity index (χ0n) is 14.9. The minimum absolute atomic E-state index is 0.00979. The third-order valence-electron chi connectivity index (χ3n) is 4.96. The number of hydrogen-bond donors (Lipinski definition) is 1. The summed E-state index contributed by atoms with van der Waals surface area (Å²) in [5, 5.41) is 5.04. The average Bonchev–Trinajstić information content (AvgIpc) is 3.21. The number of fused-ring (bicyclic) bond motifs is 1. The molecule has 1 atom stereocenters. The minimum Gasteiger partial charge on any atom is -0.349 e. The first-order chi connectivity index (χ1) is 12.8. The highest BCUT2D eigenvalue weighted by atomic mass is 16.7. The van der Waals surface area contributed by atoms with Gasteiger partial charge in [0.2, 0.25) is 5.91 Å². The molecule has 1 aromatic heterocycles. The van der Waals surface area contributed by atoms with E-state index in [9.17, 15) is 4.79 Å². The quantitative estimate of drug-likeness (QED) is 0.896. The number of aromatic nitrogens is 2. The molecule has 136 valence electrons. The van der Waals surface area contributed by atoms with E-state index in [1.165, 1.54) is 0 Å². The molecule has 0 bridgehead atoms. The van der Waals surface area contributed by atoms with Crippen molar-refractivity contribution < 1.29 is 9.63 Å². The highest BCUT2D eigenvalue weighted by Crippen LogP contribution is 2.29. The van der Waals surface area contributed by atoms with Crippen LogP contribution in [0, 0.1) is 0 Å². The molecule has 1 N–H and O–H groups in total. The van der Waals surface area contributed by atoms with Crippen molar-refractivity contribution in [2.45, 2.75) is 38.1 Å². The zero-order chi connectivity index (χ0) is 17.8. The number of rotatable bonds is 5. The van der Waals surface area contributed by atoms with Crippen molar-refractivity contribution in [3.63, 3.8) is 0 Å². The zero-order valence-corrected chi connectivity index (χ0v) is 14.9. The number of hydroxylamine groups is 2. The van der Waals surface area contributed by atoms with E-state index >= 15 is 0 Å². The standard InChI is InChI=1S/C20H24N4O2/c25-19(10-12-24-11-5-13-26-24)22-17-8-4-9-18-16(17)14-21-20(23-18)15-6-2-1-3-7-15/h1-3,6-7,14,17H,4-5,8-13H2,(H,22,25)/t17-/m0/s1. The summed E-state index contributed by atoms with van der Waals surface area (Å²) in [7, 11) is 0. The summed E-state index contributed by atoms with van der Waals surface area (Å²) in [6.07, 6.45) is 6.28. The van der Waals surface area contributed by atoms with Crippen molar-refractivity contribution in [2.75, 3.05) is 19.7 Å². The molecule has 1 amide bonds. The van der Waals surface area contributed by atoms with Gasteiger partial charge in [0.05, 0.1) is 12.6 Å². The van der Waals surface area contributed by atoms with E-state index in [0.717, 1.165) is 61.5 Å². The molecule has 1 aliphatic heterocycles. The molecule has 0 unspecified atom stereocenters. The average molecular weight is 352 g/mol. The monoisotopic (exact) mass is 352 g/mol. The Bertz CT molecular complexity index is 760. The largest absolute Gasteiger partial charge is 0.349 e. The van der Waals surface area contributed by atoms with Crippen LogP contribution in [0.15, 0.2) is 36.5 Å². The summed E-state index contributed by atoms with van der Waals surface area (Å²) < 4.78 is 0. The van der Waals surface area contributed by atoms with Gasteiger partial charge in [0.15, 0.2) is 5.82 Å². The Kier molecular flexibility index (Phi) is 5.22. The highest BCUT2D eigenvalue weighted by Gasteiger charge is 2.24. The molecule has 6 heteroatoms.